The fourth-order valence-electron chi connectivity index (χ4n) is 2.63. The Morgan fingerprint density at radius 3 is 2.87 bits per heavy atom. The van der Waals surface area contributed by atoms with Crippen molar-refractivity contribution in [3.8, 4) is 10.6 Å². The van der Waals surface area contributed by atoms with E-state index in [1.807, 2.05) is 22.4 Å². The number of aromatic nitrogens is 1. The molecule has 0 spiro atoms. The van der Waals surface area contributed by atoms with E-state index in [4.69, 9.17) is 10.3 Å². The van der Waals surface area contributed by atoms with Crippen molar-refractivity contribution in [1.29, 1.82) is 0 Å². The lowest BCUT2D eigenvalue weighted by atomic mass is 10.0. The van der Waals surface area contributed by atoms with E-state index < -0.39 is 0 Å². The van der Waals surface area contributed by atoms with Gasteiger partial charge in [0, 0.05) is 25.2 Å². The largest absolute Gasteiger partial charge is 0.369 e. The average Bonchev–Trinajstić information content (AvgIpc) is 3.19. The molecule has 2 aromatic rings. The zero-order chi connectivity index (χ0) is 16.2. The first-order valence-corrected chi connectivity index (χ1v) is 8.32. The second kappa shape index (κ2) is 6.93. The summed E-state index contributed by atoms with van der Waals surface area (Å²) in [5.41, 5.74) is 5.47. The second-order valence-corrected chi connectivity index (χ2v) is 6.49. The number of thiophene rings is 1. The number of carbonyl (C=O) groups is 2. The summed E-state index contributed by atoms with van der Waals surface area (Å²) >= 11 is 1.53. The molecule has 23 heavy (non-hydrogen) atoms. The molecule has 2 aromatic heterocycles. The Kier molecular flexibility index (Phi) is 4.73. The number of nitrogens with two attached hydrogens (primary N) is 1. The summed E-state index contributed by atoms with van der Waals surface area (Å²) in [6.07, 6.45) is 1.57. The molecule has 7 nitrogen and oxygen atoms in total. The van der Waals surface area contributed by atoms with Crippen molar-refractivity contribution in [3.05, 3.63) is 29.3 Å². The van der Waals surface area contributed by atoms with Crippen LogP contribution in [0.4, 0.5) is 0 Å². The standard InChI is InChI=1S/C15H18N4O3S/c16-14(20)9-19-5-3-10(4-6-19)17-15(21)11-8-12(22-18-11)13-2-1-7-23-13/h1-2,7-8,10H,3-6,9H2,(H2,16,20)(H,17,21). The quantitative estimate of drug-likeness (QED) is 0.852. The molecule has 0 bridgehead atoms. The Balaban J connectivity index is 1.53. The van der Waals surface area contributed by atoms with Crippen LogP contribution in [0.2, 0.25) is 0 Å². The van der Waals surface area contributed by atoms with Gasteiger partial charge in [-0.2, -0.15) is 0 Å². The van der Waals surface area contributed by atoms with Gasteiger partial charge in [-0.05, 0) is 24.3 Å². The lowest BCUT2D eigenvalue weighted by molar-refractivity contribution is -0.119. The van der Waals surface area contributed by atoms with Crippen LogP contribution in [0, 0.1) is 0 Å². The van der Waals surface area contributed by atoms with Gasteiger partial charge in [0.1, 0.15) is 0 Å². The summed E-state index contributed by atoms with van der Waals surface area (Å²) in [5, 5.41) is 8.75. The van der Waals surface area contributed by atoms with Crippen molar-refractivity contribution in [2.75, 3.05) is 19.6 Å². The number of piperidine rings is 1. The Bertz CT molecular complexity index is 675. The van der Waals surface area contributed by atoms with Gasteiger partial charge in [0.15, 0.2) is 11.5 Å². The van der Waals surface area contributed by atoms with Crippen LogP contribution >= 0.6 is 11.3 Å². The molecule has 0 unspecified atom stereocenters. The number of carbonyl (C=O) groups excluding carboxylic acids is 2. The molecule has 0 atom stereocenters. The van der Waals surface area contributed by atoms with Gasteiger partial charge >= 0.3 is 0 Å². The Morgan fingerprint density at radius 1 is 1.43 bits per heavy atom. The topological polar surface area (TPSA) is 101 Å². The number of hydrogen-bond acceptors (Lipinski definition) is 6. The number of amides is 2. The van der Waals surface area contributed by atoms with E-state index in [1.165, 1.54) is 11.3 Å². The number of primary amides is 1. The molecular weight excluding hydrogens is 316 g/mol. The van der Waals surface area contributed by atoms with E-state index in [-0.39, 0.29) is 30.1 Å². The number of hydrogen-bond donors (Lipinski definition) is 2. The SMILES string of the molecule is NC(=O)CN1CCC(NC(=O)c2cc(-c3cccs3)on2)CC1. The third-order valence-electron chi connectivity index (χ3n) is 3.81. The van der Waals surface area contributed by atoms with Crippen LogP contribution in [-0.4, -0.2) is 47.5 Å². The summed E-state index contributed by atoms with van der Waals surface area (Å²) in [7, 11) is 0. The smallest absolute Gasteiger partial charge is 0.273 e. The van der Waals surface area contributed by atoms with Gasteiger partial charge in [0.25, 0.3) is 5.91 Å². The first-order chi connectivity index (χ1) is 11.1. The Hall–Kier alpha value is -2.19. The van der Waals surface area contributed by atoms with Crippen LogP contribution in [0.15, 0.2) is 28.1 Å². The molecule has 1 saturated heterocycles. The second-order valence-electron chi connectivity index (χ2n) is 5.54. The third-order valence-corrected chi connectivity index (χ3v) is 4.69. The zero-order valence-corrected chi connectivity index (χ0v) is 13.3. The van der Waals surface area contributed by atoms with Crippen molar-refractivity contribution < 1.29 is 14.1 Å². The summed E-state index contributed by atoms with van der Waals surface area (Å²) in [5.74, 6) is 0.0440. The Morgan fingerprint density at radius 2 is 2.22 bits per heavy atom. The third kappa shape index (κ3) is 3.96. The molecule has 2 amide bonds. The van der Waals surface area contributed by atoms with Crippen LogP contribution in [0.3, 0.4) is 0 Å². The average molecular weight is 334 g/mol. The molecule has 1 aliphatic heterocycles. The van der Waals surface area contributed by atoms with E-state index in [0.29, 0.717) is 5.76 Å². The lowest BCUT2D eigenvalue weighted by Gasteiger charge is -2.31. The molecule has 122 valence electrons. The van der Waals surface area contributed by atoms with E-state index in [0.717, 1.165) is 30.8 Å². The fraction of sp³-hybridized carbons (Fsp3) is 0.400. The van der Waals surface area contributed by atoms with Crippen molar-refractivity contribution in [2.24, 2.45) is 5.73 Å². The van der Waals surface area contributed by atoms with Crippen LogP contribution in [0.5, 0.6) is 0 Å². The van der Waals surface area contributed by atoms with Gasteiger partial charge in [0.05, 0.1) is 11.4 Å². The minimum atomic E-state index is -0.323. The highest BCUT2D eigenvalue weighted by Gasteiger charge is 2.23. The van der Waals surface area contributed by atoms with Crippen molar-refractivity contribution in [3.63, 3.8) is 0 Å². The highest BCUT2D eigenvalue weighted by molar-refractivity contribution is 7.13. The molecule has 0 radical (unpaired) electrons. The molecule has 1 aliphatic rings. The van der Waals surface area contributed by atoms with Crippen LogP contribution in [0.25, 0.3) is 10.6 Å². The zero-order valence-electron chi connectivity index (χ0n) is 12.5. The van der Waals surface area contributed by atoms with Crippen LogP contribution < -0.4 is 11.1 Å². The molecule has 0 saturated carbocycles. The first kappa shape index (κ1) is 15.7. The maximum absolute atomic E-state index is 12.2. The van der Waals surface area contributed by atoms with Gasteiger partial charge in [-0.25, -0.2) is 0 Å². The molecule has 3 rings (SSSR count). The number of nitrogens with zero attached hydrogens (tertiary/aromatic N) is 2. The molecule has 3 N–H and O–H groups in total. The molecular formula is C15H18N4O3S. The van der Waals surface area contributed by atoms with Crippen molar-refractivity contribution in [1.82, 2.24) is 15.4 Å². The number of rotatable bonds is 5. The molecule has 0 aliphatic carbocycles. The highest BCUT2D eigenvalue weighted by atomic mass is 32.1. The molecule has 0 aromatic carbocycles. The molecule has 8 heteroatoms. The normalized spacial score (nSPS) is 16.3. The van der Waals surface area contributed by atoms with E-state index in [1.54, 1.807) is 6.07 Å². The fourth-order valence-corrected chi connectivity index (χ4v) is 3.31. The maximum atomic E-state index is 12.2. The van der Waals surface area contributed by atoms with Gasteiger partial charge in [-0.15, -0.1) is 11.3 Å². The minimum absolute atomic E-state index is 0.0773. The van der Waals surface area contributed by atoms with Crippen molar-refractivity contribution in [2.45, 2.75) is 18.9 Å². The lowest BCUT2D eigenvalue weighted by Crippen LogP contribution is -2.46. The van der Waals surface area contributed by atoms with Gasteiger partial charge in [-0.1, -0.05) is 11.2 Å². The van der Waals surface area contributed by atoms with Gasteiger partial charge in [-0.3, -0.25) is 14.5 Å². The molecule has 1 fully saturated rings. The van der Waals surface area contributed by atoms with E-state index in [9.17, 15) is 9.59 Å². The van der Waals surface area contributed by atoms with Gasteiger partial charge < -0.3 is 15.6 Å². The molecule has 3 heterocycles. The first-order valence-electron chi connectivity index (χ1n) is 7.44. The van der Waals surface area contributed by atoms with Crippen LogP contribution in [-0.2, 0) is 4.79 Å². The number of likely N-dealkylation sites (tertiary alicyclic amines) is 1. The van der Waals surface area contributed by atoms with E-state index in [2.05, 4.69) is 10.5 Å². The predicted octanol–water partition coefficient (Wildman–Crippen LogP) is 1.08. The summed E-state index contributed by atoms with van der Waals surface area (Å²) in [6.45, 7) is 1.76. The van der Waals surface area contributed by atoms with Crippen LogP contribution in [0.1, 0.15) is 23.3 Å². The van der Waals surface area contributed by atoms with Gasteiger partial charge in [0.2, 0.25) is 5.91 Å². The monoisotopic (exact) mass is 334 g/mol. The van der Waals surface area contributed by atoms with Crippen molar-refractivity contribution >= 4 is 23.2 Å². The predicted molar refractivity (Wildman–Crippen MR) is 85.9 cm³/mol. The van der Waals surface area contributed by atoms with E-state index >= 15 is 0 Å². The number of nitrogens with one attached hydrogen (secondary N) is 1. The highest BCUT2D eigenvalue weighted by Crippen LogP contribution is 2.25. The Labute approximate surface area is 137 Å². The minimum Gasteiger partial charge on any atom is -0.369 e. The summed E-state index contributed by atoms with van der Waals surface area (Å²) in [6, 6.07) is 5.57. The maximum Gasteiger partial charge on any atom is 0.273 e. The summed E-state index contributed by atoms with van der Waals surface area (Å²) < 4.78 is 5.22. The summed E-state index contributed by atoms with van der Waals surface area (Å²) in [4.78, 5) is 26.1.